The second kappa shape index (κ2) is 5.89. The second-order valence-corrected chi connectivity index (χ2v) is 5.64. The number of amides is 1. The maximum absolute atomic E-state index is 12.3. The van der Waals surface area contributed by atoms with E-state index in [0.717, 1.165) is 45.4 Å². The van der Waals surface area contributed by atoms with Crippen molar-refractivity contribution < 1.29 is 9.90 Å². The van der Waals surface area contributed by atoms with Crippen LogP contribution in [0.25, 0.3) is 0 Å². The summed E-state index contributed by atoms with van der Waals surface area (Å²) < 4.78 is 0. The van der Waals surface area contributed by atoms with Crippen LogP contribution in [0.5, 0.6) is 0 Å². The van der Waals surface area contributed by atoms with Crippen molar-refractivity contribution in [3.05, 3.63) is 30.1 Å². The molecule has 1 saturated heterocycles. The SMILES string of the molecule is O=C(c1cccnc1)N1CCN([C@H]2CCC[C@@H]2O)CC1. The van der Waals surface area contributed by atoms with Crippen LogP contribution in [0.3, 0.4) is 0 Å². The van der Waals surface area contributed by atoms with Crippen molar-refractivity contribution in [2.75, 3.05) is 26.2 Å². The maximum Gasteiger partial charge on any atom is 0.255 e. The summed E-state index contributed by atoms with van der Waals surface area (Å²) in [5, 5.41) is 9.96. The lowest BCUT2D eigenvalue weighted by molar-refractivity contribution is 0.0315. The molecule has 1 aromatic heterocycles. The van der Waals surface area contributed by atoms with Gasteiger partial charge in [0.1, 0.15) is 0 Å². The minimum absolute atomic E-state index is 0.0599. The van der Waals surface area contributed by atoms with Gasteiger partial charge in [-0.05, 0) is 31.4 Å². The van der Waals surface area contributed by atoms with Crippen LogP contribution in [0.2, 0.25) is 0 Å². The van der Waals surface area contributed by atoms with E-state index in [1.807, 2.05) is 11.0 Å². The minimum atomic E-state index is -0.185. The third kappa shape index (κ3) is 2.69. The van der Waals surface area contributed by atoms with E-state index in [1.54, 1.807) is 18.5 Å². The van der Waals surface area contributed by atoms with Gasteiger partial charge in [0.15, 0.2) is 0 Å². The number of hydrogen-bond acceptors (Lipinski definition) is 4. The van der Waals surface area contributed by atoms with Crippen LogP contribution in [0, 0.1) is 0 Å². The van der Waals surface area contributed by atoms with Gasteiger partial charge < -0.3 is 10.0 Å². The van der Waals surface area contributed by atoms with Crippen LogP contribution in [0.1, 0.15) is 29.6 Å². The van der Waals surface area contributed by atoms with Gasteiger partial charge in [-0.25, -0.2) is 0 Å². The van der Waals surface area contributed by atoms with E-state index < -0.39 is 0 Å². The number of hydrogen-bond donors (Lipinski definition) is 1. The lowest BCUT2D eigenvalue weighted by Crippen LogP contribution is -2.53. The van der Waals surface area contributed by atoms with Crippen LogP contribution < -0.4 is 0 Å². The molecule has 3 rings (SSSR count). The van der Waals surface area contributed by atoms with Gasteiger partial charge in [0.05, 0.1) is 11.7 Å². The number of aliphatic hydroxyl groups is 1. The predicted octanol–water partition coefficient (Wildman–Crippen LogP) is 0.753. The first kappa shape index (κ1) is 13.5. The molecule has 20 heavy (non-hydrogen) atoms. The minimum Gasteiger partial charge on any atom is -0.391 e. The van der Waals surface area contributed by atoms with Crippen molar-refractivity contribution in [1.29, 1.82) is 0 Å². The summed E-state index contributed by atoms with van der Waals surface area (Å²) in [7, 11) is 0. The summed E-state index contributed by atoms with van der Waals surface area (Å²) in [4.78, 5) is 20.5. The molecule has 2 atom stereocenters. The first-order valence-corrected chi connectivity index (χ1v) is 7.37. The average Bonchev–Trinajstić information content (AvgIpc) is 2.94. The first-order chi connectivity index (χ1) is 9.75. The van der Waals surface area contributed by atoms with E-state index >= 15 is 0 Å². The maximum atomic E-state index is 12.3. The van der Waals surface area contributed by atoms with Gasteiger partial charge in [0.2, 0.25) is 0 Å². The Hall–Kier alpha value is -1.46. The molecule has 1 amide bonds. The number of piperazine rings is 1. The van der Waals surface area contributed by atoms with Crippen molar-refractivity contribution in [1.82, 2.24) is 14.8 Å². The van der Waals surface area contributed by atoms with Gasteiger partial charge >= 0.3 is 0 Å². The molecule has 5 nitrogen and oxygen atoms in total. The van der Waals surface area contributed by atoms with Crippen molar-refractivity contribution in [3.8, 4) is 0 Å². The van der Waals surface area contributed by atoms with Gasteiger partial charge in [-0.2, -0.15) is 0 Å². The Labute approximate surface area is 119 Å². The Balaban J connectivity index is 1.57. The number of pyridine rings is 1. The van der Waals surface area contributed by atoms with E-state index in [2.05, 4.69) is 9.88 Å². The number of aliphatic hydroxyl groups excluding tert-OH is 1. The van der Waals surface area contributed by atoms with Gasteiger partial charge in [-0.1, -0.05) is 0 Å². The summed E-state index contributed by atoms with van der Waals surface area (Å²) in [6.45, 7) is 3.18. The van der Waals surface area contributed by atoms with Crippen LogP contribution in [0.15, 0.2) is 24.5 Å². The first-order valence-electron chi connectivity index (χ1n) is 7.37. The third-order valence-electron chi connectivity index (χ3n) is 4.42. The summed E-state index contributed by atoms with van der Waals surface area (Å²) in [6, 6.07) is 3.89. The highest BCUT2D eigenvalue weighted by atomic mass is 16.3. The van der Waals surface area contributed by atoms with Crippen LogP contribution in [0.4, 0.5) is 0 Å². The molecule has 5 heteroatoms. The van der Waals surface area contributed by atoms with Crippen LogP contribution in [-0.2, 0) is 0 Å². The molecule has 2 fully saturated rings. The van der Waals surface area contributed by atoms with Crippen molar-refractivity contribution in [2.24, 2.45) is 0 Å². The molecule has 0 radical (unpaired) electrons. The molecule has 1 aliphatic carbocycles. The fraction of sp³-hybridized carbons (Fsp3) is 0.600. The topological polar surface area (TPSA) is 56.7 Å². The van der Waals surface area contributed by atoms with Gasteiger partial charge in [0, 0.05) is 44.6 Å². The third-order valence-corrected chi connectivity index (χ3v) is 4.42. The van der Waals surface area contributed by atoms with Crippen molar-refractivity contribution in [2.45, 2.75) is 31.4 Å². The molecule has 1 N–H and O–H groups in total. The molecule has 108 valence electrons. The highest BCUT2D eigenvalue weighted by molar-refractivity contribution is 5.93. The number of carbonyl (C=O) groups is 1. The van der Waals surface area contributed by atoms with Gasteiger partial charge in [0.25, 0.3) is 5.91 Å². The Morgan fingerprint density at radius 2 is 2.05 bits per heavy atom. The summed E-state index contributed by atoms with van der Waals surface area (Å²) in [5.74, 6) is 0.0599. The fourth-order valence-corrected chi connectivity index (χ4v) is 3.28. The highest BCUT2D eigenvalue weighted by Crippen LogP contribution is 2.25. The molecule has 1 aromatic rings. The lowest BCUT2D eigenvalue weighted by atomic mass is 10.1. The van der Waals surface area contributed by atoms with E-state index in [9.17, 15) is 9.90 Å². The lowest BCUT2D eigenvalue weighted by Gasteiger charge is -2.39. The van der Waals surface area contributed by atoms with Crippen molar-refractivity contribution in [3.63, 3.8) is 0 Å². The molecule has 0 bridgehead atoms. The summed E-state index contributed by atoms with van der Waals surface area (Å²) >= 11 is 0. The molecule has 2 aliphatic rings. The Bertz CT molecular complexity index is 457. The molecule has 0 spiro atoms. The largest absolute Gasteiger partial charge is 0.391 e. The van der Waals surface area contributed by atoms with E-state index in [0.29, 0.717) is 11.6 Å². The molecule has 0 unspecified atom stereocenters. The average molecular weight is 275 g/mol. The molecule has 0 aromatic carbocycles. The van der Waals surface area contributed by atoms with Crippen LogP contribution in [-0.4, -0.2) is 64.1 Å². The summed E-state index contributed by atoms with van der Waals surface area (Å²) in [5.41, 5.74) is 0.654. The van der Waals surface area contributed by atoms with E-state index in [-0.39, 0.29) is 12.0 Å². The molecule has 2 heterocycles. The summed E-state index contributed by atoms with van der Waals surface area (Å²) in [6.07, 6.45) is 6.22. The van der Waals surface area contributed by atoms with Gasteiger partial charge in [-0.3, -0.25) is 14.7 Å². The quantitative estimate of drug-likeness (QED) is 0.865. The number of rotatable bonds is 2. The van der Waals surface area contributed by atoms with E-state index in [4.69, 9.17) is 0 Å². The zero-order valence-corrected chi connectivity index (χ0v) is 11.6. The Morgan fingerprint density at radius 3 is 2.65 bits per heavy atom. The van der Waals surface area contributed by atoms with Crippen molar-refractivity contribution >= 4 is 5.91 Å². The number of nitrogens with zero attached hydrogens (tertiary/aromatic N) is 3. The fourth-order valence-electron chi connectivity index (χ4n) is 3.28. The Morgan fingerprint density at radius 1 is 1.25 bits per heavy atom. The molecule has 1 aliphatic heterocycles. The van der Waals surface area contributed by atoms with E-state index in [1.165, 1.54) is 0 Å². The Kier molecular flexibility index (Phi) is 3.98. The van der Waals surface area contributed by atoms with Gasteiger partial charge in [-0.15, -0.1) is 0 Å². The zero-order chi connectivity index (χ0) is 13.9. The number of carbonyl (C=O) groups excluding carboxylic acids is 1. The normalized spacial score (nSPS) is 27.8. The smallest absolute Gasteiger partial charge is 0.255 e. The number of aromatic nitrogens is 1. The monoisotopic (exact) mass is 275 g/mol. The molecular formula is C15H21N3O2. The predicted molar refractivity (Wildman–Crippen MR) is 75.4 cm³/mol. The highest BCUT2D eigenvalue weighted by Gasteiger charge is 2.33. The zero-order valence-electron chi connectivity index (χ0n) is 11.6. The van der Waals surface area contributed by atoms with Crippen LogP contribution >= 0.6 is 0 Å². The molecule has 1 saturated carbocycles. The standard InChI is InChI=1S/C15H21N3O2/c19-14-5-1-4-13(14)17-7-9-18(10-8-17)15(20)12-3-2-6-16-11-12/h2-3,6,11,13-14,19H,1,4-5,7-10H2/t13-,14-/m0/s1. The molecular weight excluding hydrogens is 254 g/mol. The second-order valence-electron chi connectivity index (χ2n) is 5.64.